The minimum absolute atomic E-state index is 0. The molecule has 13 rings (SSSR count). The third kappa shape index (κ3) is 6.18. The molecule has 0 spiro atoms. The number of benzene rings is 8. The van der Waals surface area contributed by atoms with Crippen LogP contribution in [0.5, 0.6) is 11.5 Å². The van der Waals surface area contributed by atoms with Gasteiger partial charge in [0.25, 0.3) is 0 Å². The van der Waals surface area contributed by atoms with E-state index in [0.29, 0.717) is 28.2 Å². The van der Waals surface area contributed by atoms with Crippen LogP contribution in [0, 0.1) is 18.5 Å². The summed E-state index contributed by atoms with van der Waals surface area (Å²) in [5.74, 6) is 0.935. The molecule has 5 heterocycles. The van der Waals surface area contributed by atoms with Crippen molar-refractivity contribution in [1.29, 1.82) is 0 Å². The van der Waals surface area contributed by atoms with Crippen LogP contribution in [-0.2, 0) is 28.0 Å². The van der Waals surface area contributed by atoms with Gasteiger partial charge in [-0.2, -0.15) is 12.1 Å². The topological polar surface area (TPSA) is 40.8 Å². The molecule has 0 aliphatic carbocycles. The number of para-hydroxylation sites is 5. The summed E-state index contributed by atoms with van der Waals surface area (Å²) in [6.45, 7) is -2.61. The van der Waals surface area contributed by atoms with E-state index >= 15 is 0 Å². The first kappa shape index (κ1) is 35.8. The largest absolute Gasteiger partial charge is 0.504 e. The van der Waals surface area contributed by atoms with Crippen molar-refractivity contribution in [3.63, 3.8) is 0 Å². The van der Waals surface area contributed by atoms with Crippen LogP contribution in [0.15, 0.2) is 194 Å². The molecule has 65 heavy (non-hydrogen) atoms. The van der Waals surface area contributed by atoms with Crippen molar-refractivity contribution in [3.05, 3.63) is 212 Å². The summed E-state index contributed by atoms with van der Waals surface area (Å²) in [7, 11) is 0. The monoisotopic (exact) mass is 1040 g/mol. The average molecular weight is 1040 g/mol. The van der Waals surface area contributed by atoms with E-state index in [2.05, 4.69) is 159 Å². The zero-order chi connectivity index (χ0) is 44.8. The second-order valence-corrected chi connectivity index (χ2v) is 16.7. The van der Waals surface area contributed by atoms with Gasteiger partial charge in [0.15, 0.2) is 0 Å². The Labute approximate surface area is 396 Å². The summed E-state index contributed by atoms with van der Waals surface area (Å²) in [4.78, 5) is 4.68. The van der Waals surface area contributed by atoms with Crippen molar-refractivity contribution in [1.82, 2.24) is 18.7 Å². The fourth-order valence-electron chi connectivity index (χ4n) is 9.58. The van der Waals surface area contributed by atoms with Crippen molar-refractivity contribution in [3.8, 4) is 50.9 Å². The second kappa shape index (κ2) is 15.6. The van der Waals surface area contributed by atoms with Crippen LogP contribution in [0.4, 0.5) is 0 Å². The molecule has 8 aromatic carbocycles. The van der Waals surface area contributed by atoms with E-state index in [9.17, 15) is 0 Å². The van der Waals surface area contributed by atoms with Crippen LogP contribution in [0.1, 0.15) is 4.11 Å². The van der Waals surface area contributed by atoms with Gasteiger partial charge >= 0.3 is 0 Å². The van der Waals surface area contributed by atoms with Crippen molar-refractivity contribution < 1.29 is 34.5 Å². The number of hydrogen-bond acceptors (Lipinski definition) is 3. The molecule has 0 bridgehead atoms. The molecule has 0 aliphatic heterocycles. The second-order valence-electron chi connectivity index (χ2n) is 15.8. The first-order valence-corrected chi connectivity index (χ1v) is 21.9. The van der Waals surface area contributed by atoms with Crippen LogP contribution in [0.25, 0.3) is 104 Å². The Hall–Kier alpha value is -7.57. The normalized spacial score (nSPS) is 12.5. The Balaban J connectivity index is 0.00000480. The number of thiophene rings is 1. The fraction of sp³-hybridized carbons (Fsp3) is 0.0175. The number of fused-ring (bicyclic) bond motifs is 8. The van der Waals surface area contributed by atoms with Crippen LogP contribution in [-0.4, -0.2) is 18.7 Å². The third-order valence-corrected chi connectivity index (χ3v) is 13.1. The molecule has 8 heteroatoms. The van der Waals surface area contributed by atoms with Gasteiger partial charge in [0.05, 0.1) is 55.6 Å². The van der Waals surface area contributed by atoms with Gasteiger partial charge in [-0.15, -0.1) is 47.2 Å². The van der Waals surface area contributed by atoms with Gasteiger partial charge < -0.3 is 28.0 Å². The van der Waals surface area contributed by atoms with Crippen LogP contribution < -0.4 is 9.30 Å². The maximum Gasteiger partial charge on any atom is 0.242 e. The molecule has 312 valence electrons. The summed E-state index contributed by atoms with van der Waals surface area (Å²) in [6, 6.07) is 68.4. The molecule has 13 aromatic rings. The number of rotatable bonds is 7. The predicted octanol–water partition coefficient (Wildman–Crippen LogP) is 13.8. The molecule has 0 saturated carbocycles. The Bertz CT molecular complexity index is 3870. The van der Waals surface area contributed by atoms with Gasteiger partial charge in [-0.1, -0.05) is 115 Å². The minimum atomic E-state index is -2.61. The molecule has 0 unspecified atom stereocenters. The first-order valence-electron chi connectivity index (χ1n) is 22.5. The van der Waals surface area contributed by atoms with Gasteiger partial charge in [-0.3, -0.25) is 0 Å². The molecular formula is C57H35N5OPtS-2. The maximum atomic E-state index is 9.03. The number of aryl methyl sites for hydroxylation is 1. The number of ether oxygens (including phenoxy) is 1. The molecule has 0 aliphatic rings. The van der Waals surface area contributed by atoms with Crippen molar-refractivity contribution >= 4 is 76.1 Å². The van der Waals surface area contributed by atoms with Gasteiger partial charge in [-0.05, 0) is 64.5 Å². The SMILES string of the molecule is [2H]C([2H])([2H])[n+]1[c-]n(-c2[c-]c(Oc3[c-]c(-c4nccc5sccc45)ccc3)ccc2)c2cccc(-c3c(-n4c5ccccc5c5ccccc54)cccc3-n3c4ccccc4c4ccccc43)c21.[Pt]. The summed E-state index contributed by atoms with van der Waals surface area (Å²) < 4.78 is 42.4. The van der Waals surface area contributed by atoms with Crippen molar-refractivity contribution in [2.24, 2.45) is 6.98 Å². The molecular weight excluding hydrogens is 998 g/mol. The number of hydrogen-bond donors (Lipinski definition) is 0. The van der Waals surface area contributed by atoms with E-state index in [1.165, 1.54) is 4.57 Å². The van der Waals surface area contributed by atoms with Crippen LogP contribution >= 0.6 is 11.3 Å². The molecule has 0 radical (unpaired) electrons. The molecule has 6 nitrogen and oxygen atoms in total. The molecule has 0 amide bonds. The smallest absolute Gasteiger partial charge is 0.242 e. The van der Waals surface area contributed by atoms with Crippen LogP contribution in [0.3, 0.4) is 0 Å². The Morgan fingerprint density at radius 2 is 1.11 bits per heavy atom. The molecule has 0 atom stereocenters. The van der Waals surface area contributed by atoms with E-state index in [1.807, 2.05) is 66.9 Å². The Morgan fingerprint density at radius 3 is 1.74 bits per heavy atom. The van der Waals surface area contributed by atoms with E-state index in [0.717, 1.165) is 87.5 Å². The maximum absolute atomic E-state index is 9.03. The fourth-order valence-corrected chi connectivity index (χ4v) is 10.4. The standard InChI is InChI=1S/C57H35N5OS.Pt/c1-59-36-60(38-15-11-17-40(35-38)63-39-16-10-14-37(34-39)56-45-31-33-64-54(45)30-32-58-56)53-29-12-22-46(57(53)59)55-51(61-47-23-6-2-18-41(47)42-19-3-7-24-48(42)61)27-13-28-52(55)62-49-25-8-4-20-43(49)44-21-5-9-26-50(44)62;/h2-33H,1H3;/q-2;/i1D3;. The summed E-state index contributed by atoms with van der Waals surface area (Å²) in [5, 5.41) is 7.62. The Morgan fingerprint density at radius 1 is 0.554 bits per heavy atom. The molecule has 0 fully saturated rings. The van der Waals surface area contributed by atoms with E-state index in [-0.39, 0.29) is 21.1 Å². The van der Waals surface area contributed by atoms with Crippen molar-refractivity contribution in [2.75, 3.05) is 0 Å². The van der Waals surface area contributed by atoms with Crippen molar-refractivity contribution in [2.45, 2.75) is 0 Å². The van der Waals surface area contributed by atoms with Gasteiger partial charge in [0.1, 0.15) is 0 Å². The quantitative estimate of drug-likeness (QED) is 0.118. The van der Waals surface area contributed by atoms with E-state index < -0.39 is 6.98 Å². The molecule has 0 saturated heterocycles. The molecule has 5 aromatic heterocycles. The number of imidazole rings is 1. The number of nitrogens with zero attached hydrogens (tertiary/aromatic N) is 5. The number of pyridine rings is 1. The van der Waals surface area contributed by atoms with Gasteiger partial charge in [0, 0.05) is 70.6 Å². The Kier molecular flexibility index (Phi) is 8.60. The number of aromatic nitrogens is 5. The minimum Gasteiger partial charge on any atom is -0.504 e. The van der Waals surface area contributed by atoms with Gasteiger partial charge in [-0.25, -0.2) is 0 Å². The third-order valence-electron chi connectivity index (χ3n) is 12.2. The predicted molar refractivity (Wildman–Crippen MR) is 260 cm³/mol. The average Bonchev–Trinajstić information content (AvgIpc) is 4.15. The van der Waals surface area contributed by atoms with E-state index in [1.54, 1.807) is 15.9 Å². The zero-order valence-electron chi connectivity index (χ0n) is 37.3. The molecule has 0 N–H and O–H groups in total. The summed E-state index contributed by atoms with van der Waals surface area (Å²) in [5.41, 5.74) is 10.9. The van der Waals surface area contributed by atoms with Gasteiger partial charge in [0.2, 0.25) is 6.33 Å². The summed E-state index contributed by atoms with van der Waals surface area (Å²) >= 11 is 1.67. The zero-order valence-corrected chi connectivity index (χ0v) is 37.4. The first-order chi connectivity index (χ1) is 32.9. The van der Waals surface area contributed by atoms with E-state index in [4.69, 9.17) is 8.85 Å². The van der Waals surface area contributed by atoms with Crippen LogP contribution in [0.2, 0.25) is 0 Å². The summed E-state index contributed by atoms with van der Waals surface area (Å²) in [6.07, 6.45) is 5.09.